The summed E-state index contributed by atoms with van der Waals surface area (Å²) in [5, 5.41) is 12.3. The zero-order valence-corrected chi connectivity index (χ0v) is 29.6. The number of methoxy groups -OCH3 is 2. The van der Waals surface area contributed by atoms with Gasteiger partial charge in [0, 0.05) is 42.1 Å². The Balaban J connectivity index is 1.41. The van der Waals surface area contributed by atoms with E-state index >= 15 is 0 Å². The molecule has 1 aliphatic rings. The average molecular weight is 736 g/mol. The Labute approximate surface area is 300 Å². The Morgan fingerprint density at radius 2 is 1.44 bits per heavy atom. The highest BCUT2D eigenvalue weighted by molar-refractivity contribution is 9.10. The van der Waals surface area contributed by atoms with Crippen LogP contribution in [0, 0.1) is 0 Å². The summed E-state index contributed by atoms with van der Waals surface area (Å²) in [5.74, 6) is 2.00. The summed E-state index contributed by atoms with van der Waals surface area (Å²) in [7, 11) is 3.19. The van der Waals surface area contributed by atoms with E-state index < -0.39 is 11.6 Å². The quantitative estimate of drug-likeness (QED) is 0.114. The summed E-state index contributed by atoms with van der Waals surface area (Å²) >= 11 is 3.54. The van der Waals surface area contributed by atoms with Crippen molar-refractivity contribution in [3.63, 3.8) is 0 Å². The van der Waals surface area contributed by atoms with Crippen LogP contribution in [0.4, 0.5) is 0 Å². The highest BCUT2D eigenvalue weighted by atomic mass is 79.9. The first-order chi connectivity index (χ1) is 24.4. The number of rotatable bonds is 14. The number of aliphatic hydroxyl groups is 1. The fourth-order valence-electron chi connectivity index (χ4n) is 5.98. The van der Waals surface area contributed by atoms with Gasteiger partial charge in [-0.3, -0.25) is 4.79 Å². The Morgan fingerprint density at radius 1 is 0.800 bits per heavy atom. The Bertz CT molecular complexity index is 1890. The highest BCUT2D eigenvalue weighted by Crippen LogP contribution is 2.43. The van der Waals surface area contributed by atoms with Gasteiger partial charge in [-0.1, -0.05) is 82.7 Å². The number of nitrogens with one attached hydrogen (secondary N) is 1. The molecule has 0 unspecified atom stereocenters. The van der Waals surface area contributed by atoms with Crippen LogP contribution >= 0.6 is 15.9 Å². The second-order valence-electron chi connectivity index (χ2n) is 12.0. The van der Waals surface area contributed by atoms with E-state index in [0.29, 0.717) is 41.7 Å². The zero-order chi connectivity index (χ0) is 34.9. The van der Waals surface area contributed by atoms with Crippen LogP contribution in [-0.4, -0.2) is 49.9 Å². The minimum absolute atomic E-state index is 0.0598. The van der Waals surface area contributed by atoms with E-state index in [4.69, 9.17) is 29.0 Å². The molecule has 1 amide bonds. The van der Waals surface area contributed by atoms with E-state index in [9.17, 15) is 4.79 Å². The first kappa shape index (κ1) is 34.7. The number of carbonyl (C=O) groups excluding carboxylic acids is 1. The number of halogens is 1. The van der Waals surface area contributed by atoms with E-state index in [1.165, 1.54) is 0 Å². The third-order valence-electron chi connectivity index (χ3n) is 8.60. The van der Waals surface area contributed by atoms with Crippen LogP contribution in [0.15, 0.2) is 131 Å². The molecule has 50 heavy (non-hydrogen) atoms. The van der Waals surface area contributed by atoms with Gasteiger partial charge in [0.15, 0.2) is 11.6 Å². The average Bonchev–Trinajstić information content (AvgIpc) is 3.55. The van der Waals surface area contributed by atoms with Crippen molar-refractivity contribution < 1.29 is 28.8 Å². The lowest BCUT2D eigenvalue weighted by molar-refractivity contribution is -0.129. The predicted molar refractivity (Wildman–Crippen MR) is 198 cm³/mol. The van der Waals surface area contributed by atoms with Gasteiger partial charge >= 0.3 is 0 Å². The second kappa shape index (κ2) is 16.1. The van der Waals surface area contributed by atoms with Crippen LogP contribution < -0.4 is 19.5 Å². The van der Waals surface area contributed by atoms with Crippen molar-refractivity contribution in [3.05, 3.63) is 148 Å². The number of benzene rings is 5. The topological polar surface area (TPSA) is 98.6 Å². The van der Waals surface area contributed by atoms with Gasteiger partial charge in [0.2, 0.25) is 5.90 Å². The largest absolute Gasteiger partial charge is 0.497 e. The van der Waals surface area contributed by atoms with E-state index in [-0.39, 0.29) is 25.5 Å². The van der Waals surface area contributed by atoms with E-state index in [0.717, 1.165) is 32.3 Å². The van der Waals surface area contributed by atoms with E-state index in [1.807, 2.05) is 91.0 Å². The number of hydrogen-bond donors (Lipinski definition) is 2. The molecule has 9 heteroatoms. The SMILES string of the molecule is COc1cc(CNC(=O)[C@]2(Cc3ccc(Br)cc3)N=C(c3ccc(OCCCO)cc3)O[C@@H]2c2ccc(-c3ccccc3)cc2)cc(OC)c1. The number of aliphatic imine (C=N–C) groups is 1. The van der Waals surface area contributed by atoms with Gasteiger partial charge < -0.3 is 29.4 Å². The lowest BCUT2D eigenvalue weighted by Crippen LogP contribution is -2.49. The third kappa shape index (κ3) is 8.01. The van der Waals surface area contributed by atoms with Gasteiger partial charge in [0.1, 0.15) is 17.2 Å². The molecule has 256 valence electrons. The first-order valence-corrected chi connectivity index (χ1v) is 17.2. The fourth-order valence-corrected chi connectivity index (χ4v) is 6.24. The minimum Gasteiger partial charge on any atom is -0.497 e. The van der Waals surface area contributed by atoms with Gasteiger partial charge in [-0.15, -0.1) is 0 Å². The molecule has 0 aromatic heterocycles. The maximum atomic E-state index is 14.8. The van der Waals surface area contributed by atoms with Crippen LogP contribution in [0.2, 0.25) is 0 Å². The molecule has 8 nitrogen and oxygen atoms in total. The molecule has 0 fully saturated rings. The van der Waals surface area contributed by atoms with Crippen LogP contribution in [0.5, 0.6) is 17.2 Å². The predicted octanol–water partition coefficient (Wildman–Crippen LogP) is 7.71. The number of ether oxygens (including phenoxy) is 4. The molecule has 0 saturated carbocycles. The molecule has 0 aliphatic carbocycles. The molecule has 6 rings (SSSR count). The summed E-state index contributed by atoms with van der Waals surface area (Å²) in [6.07, 6.45) is 0.0783. The van der Waals surface area contributed by atoms with Crippen LogP contribution in [0.1, 0.15) is 34.8 Å². The molecular weight excluding hydrogens is 696 g/mol. The number of amides is 1. The smallest absolute Gasteiger partial charge is 0.252 e. The molecule has 0 spiro atoms. The molecular formula is C41H39BrN2O6. The standard InChI is InChI=1S/C41H39BrN2O6/c1-47-36-23-29(24-37(25-36)48-2)27-43-40(46)41(26-28-9-17-34(42)18-10-28)38(32-13-11-31(12-14-32)30-7-4-3-5-8-30)50-39(44-41)33-15-19-35(20-16-33)49-22-6-21-45/h3-5,7-20,23-25,38,45H,6,21-22,26-27H2,1-2H3,(H,43,46)/t38-,41-/m1/s1. The summed E-state index contributed by atoms with van der Waals surface area (Å²) < 4.78 is 24.4. The first-order valence-electron chi connectivity index (χ1n) is 16.4. The molecule has 5 aromatic rings. The Morgan fingerprint density at radius 3 is 2.08 bits per heavy atom. The number of aliphatic hydroxyl groups excluding tert-OH is 1. The van der Waals surface area contributed by atoms with Crippen LogP contribution in [0.25, 0.3) is 11.1 Å². The molecule has 5 aromatic carbocycles. The Hall–Kier alpha value is -5.12. The van der Waals surface area contributed by atoms with Crippen molar-refractivity contribution in [2.75, 3.05) is 27.4 Å². The van der Waals surface area contributed by atoms with Crippen molar-refractivity contribution in [1.82, 2.24) is 5.32 Å². The third-order valence-corrected chi connectivity index (χ3v) is 9.13. The number of carbonyl (C=O) groups is 1. The van der Waals surface area contributed by atoms with Gasteiger partial charge in [-0.25, -0.2) is 4.99 Å². The van der Waals surface area contributed by atoms with Gasteiger partial charge in [-0.05, 0) is 76.3 Å². The van der Waals surface area contributed by atoms with Crippen molar-refractivity contribution in [1.29, 1.82) is 0 Å². The maximum absolute atomic E-state index is 14.8. The zero-order valence-electron chi connectivity index (χ0n) is 28.0. The van der Waals surface area contributed by atoms with Crippen molar-refractivity contribution in [3.8, 4) is 28.4 Å². The fraction of sp³-hybridized carbons (Fsp3) is 0.220. The minimum atomic E-state index is -1.36. The summed E-state index contributed by atoms with van der Waals surface area (Å²) in [4.78, 5) is 19.9. The summed E-state index contributed by atoms with van der Waals surface area (Å²) in [6, 6.07) is 39.2. The molecule has 2 atom stereocenters. The van der Waals surface area contributed by atoms with Crippen molar-refractivity contribution in [2.45, 2.75) is 31.0 Å². The lowest BCUT2D eigenvalue weighted by atomic mass is 9.81. The summed E-state index contributed by atoms with van der Waals surface area (Å²) in [5.41, 5.74) is 4.07. The van der Waals surface area contributed by atoms with Crippen LogP contribution in [-0.2, 0) is 22.5 Å². The monoisotopic (exact) mass is 734 g/mol. The maximum Gasteiger partial charge on any atom is 0.252 e. The number of nitrogens with zero attached hydrogens (tertiary/aromatic N) is 1. The second-order valence-corrected chi connectivity index (χ2v) is 12.9. The molecule has 1 heterocycles. The molecule has 1 aliphatic heterocycles. The van der Waals surface area contributed by atoms with Gasteiger partial charge in [0.25, 0.3) is 5.91 Å². The molecule has 0 radical (unpaired) electrons. The van der Waals surface area contributed by atoms with Crippen molar-refractivity contribution in [2.24, 2.45) is 4.99 Å². The lowest BCUT2D eigenvalue weighted by Gasteiger charge is -2.31. The van der Waals surface area contributed by atoms with Crippen LogP contribution in [0.3, 0.4) is 0 Å². The molecule has 0 bridgehead atoms. The van der Waals surface area contributed by atoms with E-state index in [2.05, 4.69) is 45.5 Å². The Kier molecular flexibility index (Phi) is 11.2. The normalized spacial score (nSPS) is 16.6. The highest BCUT2D eigenvalue weighted by Gasteiger charge is 2.53. The number of hydrogen-bond acceptors (Lipinski definition) is 7. The van der Waals surface area contributed by atoms with Crippen molar-refractivity contribution >= 4 is 27.7 Å². The molecule has 0 saturated heterocycles. The van der Waals surface area contributed by atoms with E-state index in [1.54, 1.807) is 20.3 Å². The van der Waals surface area contributed by atoms with Gasteiger partial charge in [-0.2, -0.15) is 0 Å². The van der Waals surface area contributed by atoms with Gasteiger partial charge in [0.05, 0.1) is 20.8 Å². The molecule has 2 N–H and O–H groups in total. The summed E-state index contributed by atoms with van der Waals surface area (Å²) in [6.45, 7) is 0.688.